The minimum atomic E-state index is -3.43. The maximum absolute atomic E-state index is 11.9. The molecule has 0 aromatic heterocycles. The third-order valence-electron chi connectivity index (χ3n) is 2.91. The molecule has 0 unspecified atom stereocenters. The fourth-order valence-electron chi connectivity index (χ4n) is 1.54. The first-order valence-electron chi connectivity index (χ1n) is 5.49. The number of alkyl halides is 1. The van der Waals surface area contributed by atoms with Gasteiger partial charge in [0.1, 0.15) is 11.9 Å². The van der Waals surface area contributed by atoms with E-state index in [1.54, 1.807) is 38.3 Å². The van der Waals surface area contributed by atoms with Crippen molar-refractivity contribution in [1.82, 2.24) is 0 Å². The lowest BCUT2D eigenvalue weighted by atomic mass is 10.1. The molecule has 1 aromatic carbocycles. The molecule has 1 rings (SSSR count). The number of benzene rings is 1. The number of aliphatic hydroxyl groups is 1. The van der Waals surface area contributed by atoms with Crippen LogP contribution in [0.4, 0.5) is 0 Å². The van der Waals surface area contributed by atoms with Crippen LogP contribution in [0.5, 0.6) is 5.75 Å². The van der Waals surface area contributed by atoms with Gasteiger partial charge in [0.05, 0.1) is 7.11 Å². The minimum Gasteiger partial charge on any atom is -0.497 e. The molecule has 0 aliphatic heterocycles. The van der Waals surface area contributed by atoms with Crippen LogP contribution < -0.4 is 4.74 Å². The minimum absolute atomic E-state index is 0.0397. The Bertz CT molecular complexity index is 493. The third-order valence-corrected chi connectivity index (χ3v) is 7.02. The molecule has 0 saturated heterocycles. The number of hydrogen-bond donors (Lipinski definition) is 1. The summed E-state index contributed by atoms with van der Waals surface area (Å²) in [6.07, 6.45) is -1.15. The van der Waals surface area contributed by atoms with Gasteiger partial charge in [0.25, 0.3) is 0 Å². The average molecular weight is 337 g/mol. The van der Waals surface area contributed by atoms with Crippen molar-refractivity contribution in [2.45, 2.75) is 23.6 Å². The molecule has 2 atom stereocenters. The van der Waals surface area contributed by atoms with Gasteiger partial charge in [-0.05, 0) is 24.6 Å². The van der Waals surface area contributed by atoms with Crippen LogP contribution >= 0.6 is 15.9 Å². The second-order valence-electron chi connectivity index (χ2n) is 4.07. The summed E-state index contributed by atoms with van der Waals surface area (Å²) in [5.74, 6) is 0.614. The maximum atomic E-state index is 11.9. The number of ether oxygens (including phenoxy) is 1. The highest BCUT2D eigenvalue weighted by molar-refractivity contribution is 9.11. The number of methoxy groups -OCH3 is 1. The van der Waals surface area contributed by atoms with Gasteiger partial charge in [-0.15, -0.1) is 0 Å². The smallest absolute Gasteiger partial charge is 0.168 e. The Morgan fingerprint density at radius 1 is 1.39 bits per heavy atom. The van der Waals surface area contributed by atoms with Gasteiger partial charge < -0.3 is 9.84 Å². The van der Waals surface area contributed by atoms with E-state index in [-0.39, 0.29) is 5.75 Å². The van der Waals surface area contributed by atoms with Gasteiger partial charge in [-0.2, -0.15) is 0 Å². The van der Waals surface area contributed by atoms with Crippen LogP contribution in [0.15, 0.2) is 24.3 Å². The van der Waals surface area contributed by atoms with Crippen molar-refractivity contribution < 1.29 is 18.3 Å². The molecule has 18 heavy (non-hydrogen) atoms. The number of aliphatic hydroxyl groups excluding tert-OH is 1. The molecular formula is C12H17BrO4S. The van der Waals surface area contributed by atoms with Crippen LogP contribution in [0, 0.1) is 0 Å². The first-order valence-corrected chi connectivity index (χ1v) is 7.94. The summed E-state index contributed by atoms with van der Waals surface area (Å²) >= 11 is 3.13. The zero-order valence-electron chi connectivity index (χ0n) is 10.6. The van der Waals surface area contributed by atoms with Crippen molar-refractivity contribution in [3.8, 4) is 5.75 Å². The van der Waals surface area contributed by atoms with Crippen molar-refractivity contribution in [1.29, 1.82) is 0 Å². The van der Waals surface area contributed by atoms with Crippen LogP contribution in [0.25, 0.3) is 0 Å². The van der Waals surface area contributed by atoms with Gasteiger partial charge in [0, 0.05) is 5.75 Å². The van der Waals surface area contributed by atoms with Crippen molar-refractivity contribution in [3.63, 3.8) is 0 Å². The fraction of sp³-hybridized carbons (Fsp3) is 0.500. The van der Waals surface area contributed by atoms with E-state index in [1.165, 1.54) is 6.92 Å². The van der Waals surface area contributed by atoms with Crippen LogP contribution in [0.1, 0.15) is 25.5 Å². The summed E-state index contributed by atoms with van der Waals surface area (Å²) in [5, 5.41) is 10.2. The molecule has 0 bridgehead atoms. The van der Waals surface area contributed by atoms with Gasteiger partial charge in [0.15, 0.2) is 13.5 Å². The predicted molar refractivity (Wildman–Crippen MR) is 74.7 cm³/mol. The lowest BCUT2D eigenvalue weighted by Gasteiger charge is -2.28. The highest BCUT2D eigenvalue weighted by Gasteiger charge is 2.42. The van der Waals surface area contributed by atoms with Gasteiger partial charge in [-0.1, -0.05) is 35.0 Å². The van der Waals surface area contributed by atoms with E-state index in [4.69, 9.17) is 4.74 Å². The normalized spacial score (nSPS) is 16.9. The van der Waals surface area contributed by atoms with E-state index in [2.05, 4.69) is 15.9 Å². The summed E-state index contributed by atoms with van der Waals surface area (Å²) in [5.41, 5.74) is 0.521. The standard InChI is InChI=1S/C12H17BrO4S/c1-4-18(15,16)12(2,13)11(14)9-5-7-10(17-3)8-6-9/h5-8,11,14H,4H2,1-3H3/t11-,12+/m1/s1. The van der Waals surface area contributed by atoms with Crippen molar-refractivity contribution >= 4 is 25.8 Å². The van der Waals surface area contributed by atoms with Crippen LogP contribution in [0.3, 0.4) is 0 Å². The highest BCUT2D eigenvalue weighted by Crippen LogP contribution is 2.39. The highest BCUT2D eigenvalue weighted by atomic mass is 79.9. The average Bonchev–Trinajstić information content (AvgIpc) is 2.37. The molecular weight excluding hydrogens is 320 g/mol. The van der Waals surface area contributed by atoms with Crippen LogP contribution in [0.2, 0.25) is 0 Å². The van der Waals surface area contributed by atoms with Gasteiger partial charge >= 0.3 is 0 Å². The van der Waals surface area contributed by atoms with Crippen molar-refractivity contribution in [3.05, 3.63) is 29.8 Å². The molecule has 0 spiro atoms. The molecule has 1 N–H and O–H groups in total. The Balaban J connectivity index is 3.09. The third kappa shape index (κ3) is 2.87. The molecule has 0 saturated carbocycles. The monoisotopic (exact) mass is 336 g/mol. The Morgan fingerprint density at radius 2 is 1.89 bits per heavy atom. The molecule has 0 fully saturated rings. The largest absolute Gasteiger partial charge is 0.497 e. The van der Waals surface area contributed by atoms with Crippen LogP contribution in [-0.4, -0.2) is 30.0 Å². The summed E-state index contributed by atoms with van der Waals surface area (Å²) in [7, 11) is -1.88. The Morgan fingerprint density at radius 3 is 2.28 bits per heavy atom. The lowest BCUT2D eigenvalue weighted by molar-refractivity contribution is 0.167. The predicted octanol–water partition coefficient (Wildman–Crippen LogP) is 2.27. The molecule has 6 heteroatoms. The van der Waals surface area contributed by atoms with Crippen molar-refractivity contribution in [2.24, 2.45) is 0 Å². The molecule has 102 valence electrons. The molecule has 4 nitrogen and oxygen atoms in total. The first kappa shape index (κ1) is 15.5. The van der Waals surface area contributed by atoms with Crippen LogP contribution in [-0.2, 0) is 9.84 Å². The van der Waals surface area contributed by atoms with E-state index in [0.29, 0.717) is 11.3 Å². The quantitative estimate of drug-likeness (QED) is 0.838. The summed E-state index contributed by atoms with van der Waals surface area (Å²) in [6.45, 7) is 3.01. The van der Waals surface area contributed by atoms with E-state index >= 15 is 0 Å². The molecule has 0 heterocycles. The number of rotatable bonds is 5. The zero-order valence-corrected chi connectivity index (χ0v) is 13.0. The second-order valence-corrected chi connectivity index (χ2v) is 8.89. The van der Waals surface area contributed by atoms with E-state index in [0.717, 1.165) is 0 Å². The maximum Gasteiger partial charge on any atom is 0.168 e. The number of halogens is 1. The van der Waals surface area contributed by atoms with Gasteiger partial charge in [-0.3, -0.25) is 0 Å². The first-order chi connectivity index (χ1) is 8.26. The van der Waals surface area contributed by atoms with E-state index < -0.39 is 19.6 Å². The lowest BCUT2D eigenvalue weighted by Crippen LogP contribution is -2.36. The number of hydrogen-bond acceptors (Lipinski definition) is 4. The molecule has 0 aliphatic rings. The summed E-state index contributed by atoms with van der Waals surface area (Å²) in [4.78, 5) is 0. The molecule has 0 radical (unpaired) electrons. The van der Waals surface area contributed by atoms with E-state index in [9.17, 15) is 13.5 Å². The van der Waals surface area contributed by atoms with Gasteiger partial charge in [-0.25, -0.2) is 8.42 Å². The Labute approximate surface area is 116 Å². The SMILES string of the molecule is CCS(=O)(=O)[C@](C)(Br)[C@H](O)c1ccc(OC)cc1. The fourth-order valence-corrected chi connectivity index (χ4v) is 3.53. The van der Waals surface area contributed by atoms with Gasteiger partial charge in [0.2, 0.25) is 0 Å². The topological polar surface area (TPSA) is 63.6 Å². The Kier molecular flexibility index (Phi) is 4.80. The van der Waals surface area contributed by atoms with E-state index in [1.807, 2.05) is 0 Å². The zero-order chi connectivity index (χ0) is 14.0. The molecule has 0 amide bonds. The molecule has 0 aliphatic carbocycles. The number of sulfone groups is 1. The second kappa shape index (κ2) is 5.59. The molecule has 1 aromatic rings. The summed E-state index contributed by atoms with van der Waals surface area (Å²) in [6, 6.07) is 6.66. The van der Waals surface area contributed by atoms with Crippen molar-refractivity contribution in [2.75, 3.05) is 12.9 Å². The Hall–Kier alpha value is -0.590. The summed E-state index contributed by atoms with van der Waals surface area (Å²) < 4.78 is 27.5.